The van der Waals surface area contributed by atoms with Crippen LogP contribution in [0.25, 0.3) is 0 Å². The lowest BCUT2D eigenvalue weighted by atomic mass is 10.1. The Labute approximate surface area is 130 Å². The van der Waals surface area contributed by atoms with E-state index in [1.54, 1.807) is 4.90 Å². The monoisotopic (exact) mass is 297 g/mol. The molecule has 1 aliphatic heterocycles. The third-order valence-electron chi connectivity index (χ3n) is 3.65. The van der Waals surface area contributed by atoms with E-state index in [0.29, 0.717) is 13.0 Å². The van der Waals surface area contributed by atoms with Gasteiger partial charge < -0.3 is 9.47 Å². The Balaban J connectivity index is 1.83. The molecular weight excluding hydrogens is 278 g/mol. The molecule has 2 aromatic rings. The summed E-state index contributed by atoms with van der Waals surface area (Å²) in [5, 5.41) is 0. The Morgan fingerprint density at radius 3 is 2.09 bits per heavy atom. The number of ether oxygens (including phenoxy) is 2. The molecule has 22 heavy (non-hydrogen) atoms. The molecule has 0 aliphatic carbocycles. The van der Waals surface area contributed by atoms with Crippen LogP contribution in [0.5, 0.6) is 0 Å². The van der Waals surface area contributed by atoms with Crippen LogP contribution < -0.4 is 4.90 Å². The van der Waals surface area contributed by atoms with Gasteiger partial charge in [0.05, 0.1) is 19.1 Å². The number of carbonyl (C=O) groups is 1. The van der Waals surface area contributed by atoms with E-state index in [1.165, 1.54) is 0 Å². The van der Waals surface area contributed by atoms with Gasteiger partial charge in [0.25, 0.3) is 0 Å². The van der Waals surface area contributed by atoms with E-state index in [-0.39, 0.29) is 18.8 Å². The Kier molecular flexibility index (Phi) is 4.83. The van der Waals surface area contributed by atoms with Crippen LogP contribution in [-0.4, -0.2) is 25.4 Å². The molecule has 0 spiro atoms. The molecule has 0 aromatic heterocycles. The van der Waals surface area contributed by atoms with E-state index in [0.717, 1.165) is 17.8 Å². The van der Waals surface area contributed by atoms with Crippen LogP contribution in [0.4, 0.5) is 11.4 Å². The smallest absolute Gasteiger partial charge is 0.234 e. The third kappa shape index (κ3) is 3.53. The van der Waals surface area contributed by atoms with Gasteiger partial charge in [0.2, 0.25) is 5.91 Å². The normalized spacial score (nSPS) is 17.9. The minimum atomic E-state index is -0.0730. The van der Waals surface area contributed by atoms with Crippen molar-refractivity contribution >= 4 is 17.3 Å². The first-order valence-electron chi connectivity index (χ1n) is 7.47. The molecule has 0 bridgehead atoms. The predicted octanol–water partition coefficient (Wildman–Crippen LogP) is 3.50. The summed E-state index contributed by atoms with van der Waals surface area (Å²) in [6, 6.07) is 19.4. The molecule has 1 amide bonds. The molecule has 1 heterocycles. The average molecular weight is 297 g/mol. The lowest BCUT2D eigenvalue weighted by Crippen LogP contribution is -2.33. The van der Waals surface area contributed by atoms with E-state index >= 15 is 0 Å². The van der Waals surface area contributed by atoms with Gasteiger partial charge in [-0.1, -0.05) is 36.4 Å². The summed E-state index contributed by atoms with van der Waals surface area (Å²) in [7, 11) is 0. The highest BCUT2D eigenvalue weighted by Gasteiger charge is 2.23. The number of nitrogens with zero attached hydrogens (tertiary/aromatic N) is 1. The van der Waals surface area contributed by atoms with Crippen molar-refractivity contribution in [3.63, 3.8) is 0 Å². The van der Waals surface area contributed by atoms with Crippen molar-refractivity contribution in [1.29, 1.82) is 0 Å². The van der Waals surface area contributed by atoms with Crippen LogP contribution in [-0.2, 0) is 14.3 Å². The summed E-state index contributed by atoms with van der Waals surface area (Å²) < 4.78 is 10.7. The van der Waals surface area contributed by atoms with Crippen LogP contribution >= 0.6 is 0 Å². The highest BCUT2D eigenvalue weighted by Crippen LogP contribution is 2.27. The van der Waals surface area contributed by atoms with E-state index in [9.17, 15) is 4.79 Å². The third-order valence-corrected chi connectivity index (χ3v) is 3.65. The second-order valence-corrected chi connectivity index (χ2v) is 5.21. The molecule has 1 atom stereocenters. The molecule has 1 fully saturated rings. The Morgan fingerprint density at radius 2 is 1.59 bits per heavy atom. The fraction of sp³-hybridized carbons (Fsp3) is 0.278. The number of anilines is 2. The molecular formula is C18H19NO3. The fourth-order valence-corrected chi connectivity index (χ4v) is 2.54. The summed E-state index contributed by atoms with van der Waals surface area (Å²) in [5.41, 5.74) is 1.73. The molecule has 114 valence electrons. The number of hydrogen-bond donors (Lipinski definition) is 0. The van der Waals surface area contributed by atoms with Gasteiger partial charge in [-0.15, -0.1) is 0 Å². The van der Waals surface area contributed by atoms with E-state index in [2.05, 4.69) is 0 Å². The van der Waals surface area contributed by atoms with Gasteiger partial charge >= 0.3 is 0 Å². The van der Waals surface area contributed by atoms with Gasteiger partial charge in [0.15, 0.2) is 0 Å². The largest absolute Gasteiger partial charge is 0.355 e. The summed E-state index contributed by atoms with van der Waals surface area (Å²) in [6.07, 6.45) is 1.03. The van der Waals surface area contributed by atoms with E-state index in [4.69, 9.17) is 9.47 Å². The molecule has 0 N–H and O–H groups in total. The molecule has 1 aliphatic rings. The molecule has 0 radical (unpaired) electrons. The molecule has 0 saturated carbocycles. The SMILES string of the molecule is O=C(CC1CCOCO1)N(c1ccccc1)c1ccccc1. The van der Waals surface area contributed by atoms with Crippen LogP contribution in [0.3, 0.4) is 0 Å². The first-order chi connectivity index (χ1) is 10.8. The number of para-hydroxylation sites is 2. The second kappa shape index (κ2) is 7.20. The van der Waals surface area contributed by atoms with Crippen LogP contribution in [0.1, 0.15) is 12.8 Å². The van der Waals surface area contributed by atoms with Gasteiger partial charge in [-0.2, -0.15) is 0 Å². The van der Waals surface area contributed by atoms with Crippen molar-refractivity contribution in [1.82, 2.24) is 0 Å². The second-order valence-electron chi connectivity index (χ2n) is 5.21. The standard InChI is InChI=1S/C18H19NO3/c20-18(13-17-11-12-21-14-22-17)19(15-7-3-1-4-8-15)16-9-5-2-6-10-16/h1-10,17H,11-14H2. The van der Waals surface area contributed by atoms with Crippen molar-refractivity contribution in [2.75, 3.05) is 18.3 Å². The summed E-state index contributed by atoms with van der Waals surface area (Å²) in [4.78, 5) is 14.6. The Hall–Kier alpha value is -2.17. The summed E-state index contributed by atoms with van der Waals surface area (Å²) >= 11 is 0. The average Bonchev–Trinajstić information content (AvgIpc) is 2.58. The molecule has 4 heteroatoms. The Bertz CT molecular complexity index is 555. The first kappa shape index (κ1) is 14.8. The number of carbonyl (C=O) groups excluding carboxylic acids is 1. The summed E-state index contributed by atoms with van der Waals surface area (Å²) in [6.45, 7) is 0.920. The number of hydrogen-bond acceptors (Lipinski definition) is 3. The maximum absolute atomic E-state index is 12.8. The van der Waals surface area contributed by atoms with Crippen molar-refractivity contribution < 1.29 is 14.3 Å². The van der Waals surface area contributed by atoms with Crippen molar-refractivity contribution in [3.8, 4) is 0 Å². The van der Waals surface area contributed by atoms with Gasteiger partial charge in [-0.05, 0) is 30.7 Å². The number of benzene rings is 2. The van der Waals surface area contributed by atoms with Crippen LogP contribution in [0.15, 0.2) is 60.7 Å². The zero-order valence-electron chi connectivity index (χ0n) is 12.4. The molecule has 1 saturated heterocycles. The minimum absolute atomic E-state index is 0.0318. The van der Waals surface area contributed by atoms with Crippen molar-refractivity contribution in [3.05, 3.63) is 60.7 Å². The lowest BCUT2D eigenvalue weighted by Gasteiger charge is -2.27. The zero-order chi connectivity index (χ0) is 15.2. The van der Waals surface area contributed by atoms with Crippen LogP contribution in [0, 0.1) is 0 Å². The topological polar surface area (TPSA) is 38.8 Å². The molecule has 3 rings (SSSR count). The van der Waals surface area contributed by atoms with Gasteiger partial charge in [0, 0.05) is 11.4 Å². The predicted molar refractivity (Wildman–Crippen MR) is 85.0 cm³/mol. The van der Waals surface area contributed by atoms with Gasteiger partial charge in [-0.25, -0.2) is 0 Å². The minimum Gasteiger partial charge on any atom is -0.355 e. The molecule has 4 nitrogen and oxygen atoms in total. The first-order valence-corrected chi connectivity index (χ1v) is 7.47. The van der Waals surface area contributed by atoms with Gasteiger partial charge in [0.1, 0.15) is 6.79 Å². The molecule has 1 unspecified atom stereocenters. The van der Waals surface area contributed by atoms with Crippen LogP contribution in [0.2, 0.25) is 0 Å². The molecule has 2 aromatic carbocycles. The Morgan fingerprint density at radius 1 is 1.00 bits per heavy atom. The van der Waals surface area contributed by atoms with Crippen molar-refractivity contribution in [2.24, 2.45) is 0 Å². The summed E-state index contributed by atoms with van der Waals surface area (Å²) in [5.74, 6) is 0.0318. The number of amides is 1. The van der Waals surface area contributed by atoms with E-state index < -0.39 is 0 Å². The van der Waals surface area contributed by atoms with Gasteiger partial charge in [-0.3, -0.25) is 9.69 Å². The van der Waals surface area contributed by atoms with E-state index in [1.807, 2.05) is 60.7 Å². The fourth-order valence-electron chi connectivity index (χ4n) is 2.54. The van der Waals surface area contributed by atoms with Crippen molar-refractivity contribution in [2.45, 2.75) is 18.9 Å². The quantitative estimate of drug-likeness (QED) is 0.867. The highest BCUT2D eigenvalue weighted by atomic mass is 16.7. The lowest BCUT2D eigenvalue weighted by molar-refractivity contribution is -0.147. The highest BCUT2D eigenvalue weighted by molar-refractivity contribution is 6.00. The maximum atomic E-state index is 12.8. The number of rotatable bonds is 4. The zero-order valence-corrected chi connectivity index (χ0v) is 12.4. The maximum Gasteiger partial charge on any atom is 0.234 e.